The van der Waals surface area contributed by atoms with Crippen LogP contribution in [-0.4, -0.2) is 17.3 Å². The number of aliphatic hydroxyl groups is 1. The summed E-state index contributed by atoms with van der Waals surface area (Å²) in [6.45, 7) is 5.23. The van der Waals surface area contributed by atoms with Crippen LogP contribution in [0.5, 0.6) is 0 Å². The maximum atomic E-state index is 9.85. The molecule has 0 amide bonds. The fourth-order valence-electron chi connectivity index (χ4n) is 2.32. The first kappa shape index (κ1) is 12.1. The summed E-state index contributed by atoms with van der Waals surface area (Å²) in [5.74, 6) is 0. The van der Waals surface area contributed by atoms with Crippen molar-refractivity contribution < 1.29 is 5.11 Å². The van der Waals surface area contributed by atoms with Crippen molar-refractivity contribution in [1.29, 1.82) is 0 Å². The smallest absolute Gasteiger partial charge is 0.0693 e. The minimum atomic E-state index is -0.143. The maximum Gasteiger partial charge on any atom is 0.0693 e. The Hall–Kier alpha value is -0.380. The number of rotatable bonds is 3. The average molecular weight is 239 g/mol. The van der Waals surface area contributed by atoms with Gasteiger partial charge in [0.2, 0.25) is 0 Å². The molecule has 1 saturated carbocycles. The number of aliphatic hydroxyl groups excluding tert-OH is 1. The van der Waals surface area contributed by atoms with Crippen molar-refractivity contribution in [2.24, 2.45) is 0 Å². The van der Waals surface area contributed by atoms with Crippen molar-refractivity contribution in [2.75, 3.05) is 0 Å². The summed E-state index contributed by atoms with van der Waals surface area (Å²) in [5, 5.41) is 13.3. The summed E-state index contributed by atoms with van der Waals surface area (Å²) in [6.07, 6.45) is 4.36. The molecule has 1 aliphatic carbocycles. The maximum absolute atomic E-state index is 9.85. The zero-order valence-electron chi connectivity index (χ0n) is 10.1. The summed E-state index contributed by atoms with van der Waals surface area (Å²) in [6, 6.07) is 2.55. The van der Waals surface area contributed by atoms with E-state index in [0.717, 1.165) is 19.4 Å². The number of hydrogen-bond acceptors (Lipinski definition) is 3. The van der Waals surface area contributed by atoms with E-state index in [0.29, 0.717) is 6.04 Å². The van der Waals surface area contributed by atoms with Crippen LogP contribution in [0.4, 0.5) is 0 Å². The molecule has 1 aromatic rings. The molecule has 0 radical (unpaired) electrons. The Morgan fingerprint density at radius 2 is 2.12 bits per heavy atom. The molecule has 1 aliphatic rings. The van der Waals surface area contributed by atoms with Crippen LogP contribution in [0.25, 0.3) is 0 Å². The van der Waals surface area contributed by atoms with E-state index in [9.17, 15) is 5.11 Å². The molecule has 16 heavy (non-hydrogen) atoms. The zero-order chi connectivity index (χ0) is 11.5. The molecule has 0 bridgehead atoms. The van der Waals surface area contributed by atoms with E-state index in [4.69, 9.17) is 0 Å². The van der Waals surface area contributed by atoms with Gasteiger partial charge in [-0.1, -0.05) is 12.8 Å². The molecule has 0 aromatic carbocycles. The molecule has 1 heterocycles. The highest BCUT2D eigenvalue weighted by Gasteiger charge is 2.22. The van der Waals surface area contributed by atoms with Crippen molar-refractivity contribution in [3.8, 4) is 0 Å². The highest BCUT2D eigenvalue weighted by molar-refractivity contribution is 7.12. The Labute approximate surface area is 102 Å². The molecule has 0 aliphatic heterocycles. The number of nitrogens with one attached hydrogen (secondary N) is 1. The molecule has 0 spiro atoms. The Morgan fingerprint density at radius 1 is 1.38 bits per heavy atom. The third kappa shape index (κ3) is 2.84. The third-order valence-corrected chi connectivity index (χ3v) is 4.64. The molecule has 0 saturated heterocycles. The van der Waals surface area contributed by atoms with Crippen LogP contribution in [-0.2, 0) is 6.54 Å². The van der Waals surface area contributed by atoms with E-state index in [2.05, 4.69) is 25.2 Å². The fourth-order valence-corrected chi connectivity index (χ4v) is 3.32. The zero-order valence-corrected chi connectivity index (χ0v) is 10.9. The quantitative estimate of drug-likeness (QED) is 0.850. The second-order valence-corrected chi connectivity index (χ2v) is 6.13. The molecule has 90 valence electrons. The molecule has 2 rings (SSSR count). The second-order valence-electron chi connectivity index (χ2n) is 4.79. The van der Waals surface area contributed by atoms with Crippen molar-refractivity contribution in [3.05, 3.63) is 21.4 Å². The molecular formula is C13H21NOS. The van der Waals surface area contributed by atoms with Crippen molar-refractivity contribution in [1.82, 2.24) is 5.32 Å². The molecule has 1 fully saturated rings. The first-order chi connectivity index (χ1) is 7.66. The van der Waals surface area contributed by atoms with Crippen LogP contribution >= 0.6 is 11.3 Å². The lowest BCUT2D eigenvalue weighted by molar-refractivity contribution is 0.0904. The van der Waals surface area contributed by atoms with Gasteiger partial charge in [-0.2, -0.15) is 0 Å². The molecule has 2 N–H and O–H groups in total. The lowest BCUT2D eigenvalue weighted by atomic mass is 9.92. The van der Waals surface area contributed by atoms with Crippen LogP contribution in [0.15, 0.2) is 6.07 Å². The third-order valence-electron chi connectivity index (χ3n) is 3.48. The minimum absolute atomic E-state index is 0.143. The van der Waals surface area contributed by atoms with Gasteiger partial charge in [0.25, 0.3) is 0 Å². The summed E-state index contributed by atoms with van der Waals surface area (Å²) in [4.78, 5) is 2.79. The Bertz CT molecular complexity index is 328. The van der Waals surface area contributed by atoms with E-state index >= 15 is 0 Å². The lowest BCUT2D eigenvalue weighted by Gasteiger charge is -2.28. The van der Waals surface area contributed by atoms with Crippen LogP contribution in [0, 0.1) is 13.8 Å². The van der Waals surface area contributed by atoms with E-state index < -0.39 is 0 Å². The van der Waals surface area contributed by atoms with Crippen LogP contribution < -0.4 is 5.32 Å². The Kier molecular flexibility index (Phi) is 4.00. The van der Waals surface area contributed by atoms with Gasteiger partial charge in [0.05, 0.1) is 6.10 Å². The predicted octanol–water partition coefficient (Wildman–Crippen LogP) is 2.76. The van der Waals surface area contributed by atoms with E-state index in [-0.39, 0.29) is 6.10 Å². The number of thiophene rings is 1. The van der Waals surface area contributed by atoms with Gasteiger partial charge in [-0.15, -0.1) is 11.3 Å². The van der Waals surface area contributed by atoms with Gasteiger partial charge in [0.15, 0.2) is 0 Å². The van der Waals surface area contributed by atoms with E-state index in [1.807, 2.05) is 11.3 Å². The second kappa shape index (κ2) is 5.30. The van der Waals surface area contributed by atoms with Gasteiger partial charge in [-0.3, -0.25) is 0 Å². The predicted molar refractivity (Wildman–Crippen MR) is 68.9 cm³/mol. The van der Waals surface area contributed by atoms with E-state index in [1.54, 1.807) is 0 Å². The SMILES string of the molecule is Cc1cc(CNC2CCCCC2O)sc1C. The van der Waals surface area contributed by atoms with Gasteiger partial charge in [0.1, 0.15) is 0 Å². The molecule has 3 heteroatoms. The minimum Gasteiger partial charge on any atom is -0.392 e. The number of hydrogen-bond donors (Lipinski definition) is 2. The first-order valence-electron chi connectivity index (χ1n) is 6.14. The first-order valence-corrected chi connectivity index (χ1v) is 6.96. The highest BCUT2D eigenvalue weighted by Crippen LogP contribution is 2.22. The normalized spacial score (nSPS) is 25.9. The molecular weight excluding hydrogens is 218 g/mol. The summed E-state index contributed by atoms with van der Waals surface area (Å²) >= 11 is 1.86. The van der Waals surface area contributed by atoms with Gasteiger partial charge in [0, 0.05) is 22.3 Å². The van der Waals surface area contributed by atoms with Crippen LogP contribution in [0.3, 0.4) is 0 Å². The summed E-state index contributed by atoms with van der Waals surface area (Å²) < 4.78 is 0. The largest absolute Gasteiger partial charge is 0.392 e. The van der Waals surface area contributed by atoms with Gasteiger partial charge >= 0.3 is 0 Å². The van der Waals surface area contributed by atoms with Gasteiger partial charge in [-0.25, -0.2) is 0 Å². The molecule has 2 atom stereocenters. The van der Waals surface area contributed by atoms with Gasteiger partial charge < -0.3 is 10.4 Å². The van der Waals surface area contributed by atoms with Crippen LogP contribution in [0.2, 0.25) is 0 Å². The topological polar surface area (TPSA) is 32.3 Å². The van der Waals surface area contributed by atoms with Crippen molar-refractivity contribution in [3.63, 3.8) is 0 Å². The van der Waals surface area contributed by atoms with Crippen molar-refractivity contribution >= 4 is 11.3 Å². The highest BCUT2D eigenvalue weighted by atomic mass is 32.1. The van der Waals surface area contributed by atoms with Crippen LogP contribution in [0.1, 0.15) is 41.0 Å². The Morgan fingerprint density at radius 3 is 2.75 bits per heavy atom. The summed E-state index contributed by atoms with van der Waals surface area (Å²) in [5.41, 5.74) is 1.38. The number of aryl methyl sites for hydroxylation is 2. The van der Waals surface area contributed by atoms with Crippen molar-refractivity contribution in [2.45, 2.75) is 58.2 Å². The monoisotopic (exact) mass is 239 g/mol. The summed E-state index contributed by atoms with van der Waals surface area (Å²) in [7, 11) is 0. The Balaban J connectivity index is 1.86. The average Bonchev–Trinajstić information content (AvgIpc) is 2.57. The molecule has 2 unspecified atom stereocenters. The molecule has 2 nitrogen and oxygen atoms in total. The standard InChI is InChI=1S/C13H21NOS/c1-9-7-11(16-10(9)2)8-14-12-5-3-4-6-13(12)15/h7,12-15H,3-6,8H2,1-2H3. The lowest BCUT2D eigenvalue weighted by Crippen LogP contribution is -2.41. The fraction of sp³-hybridized carbons (Fsp3) is 0.692. The van der Waals surface area contributed by atoms with E-state index in [1.165, 1.54) is 28.2 Å². The molecule has 1 aromatic heterocycles. The van der Waals surface area contributed by atoms with Gasteiger partial charge in [-0.05, 0) is 38.3 Å².